The van der Waals surface area contributed by atoms with Crippen LogP contribution >= 0.6 is 22.9 Å². The molecule has 28 heavy (non-hydrogen) atoms. The molecule has 1 N–H and O–H groups in total. The standard InChI is InChI=1S/C22H16ClN3OS/c1-14-16(21-26-19-10-5-13-24-22(19)28-21)7-4-9-18(14)25-20(27)12-11-15-6-2-3-8-17(15)23/h2-13H,1H3,(H,25,27)/b12-11+. The number of thiazole rings is 1. The van der Waals surface area contributed by atoms with E-state index in [2.05, 4.69) is 15.3 Å². The van der Waals surface area contributed by atoms with Gasteiger partial charge in [0.05, 0.1) is 0 Å². The summed E-state index contributed by atoms with van der Waals surface area (Å²) >= 11 is 7.66. The third-order valence-corrected chi connectivity index (χ3v) is 5.66. The van der Waals surface area contributed by atoms with E-state index in [0.717, 1.165) is 37.7 Å². The second kappa shape index (κ2) is 7.92. The van der Waals surface area contributed by atoms with Crippen LogP contribution in [0.15, 0.2) is 66.9 Å². The van der Waals surface area contributed by atoms with Gasteiger partial charge in [-0.3, -0.25) is 4.79 Å². The molecule has 2 aromatic carbocycles. The summed E-state index contributed by atoms with van der Waals surface area (Å²) in [5.41, 5.74) is 4.36. The van der Waals surface area contributed by atoms with E-state index < -0.39 is 0 Å². The molecule has 0 bridgehead atoms. The van der Waals surface area contributed by atoms with Crippen molar-refractivity contribution in [2.24, 2.45) is 0 Å². The first-order valence-corrected chi connectivity index (χ1v) is 9.86. The molecule has 0 saturated heterocycles. The lowest BCUT2D eigenvalue weighted by atomic mass is 10.1. The fourth-order valence-electron chi connectivity index (χ4n) is 2.84. The second-order valence-corrected chi connectivity index (χ2v) is 7.55. The van der Waals surface area contributed by atoms with Crippen molar-refractivity contribution < 1.29 is 4.79 Å². The molecule has 0 atom stereocenters. The van der Waals surface area contributed by atoms with Crippen LogP contribution < -0.4 is 5.32 Å². The number of halogens is 1. The number of anilines is 1. The average Bonchev–Trinajstić information content (AvgIpc) is 3.13. The number of nitrogens with zero attached hydrogens (tertiary/aromatic N) is 2. The fraction of sp³-hybridized carbons (Fsp3) is 0.0455. The third kappa shape index (κ3) is 3.81. The summed E-state index contributed by atoms with van der Waals surface area (Å²) in [5, 5.41) is 4.43. The number of hydrogen-bond acceptors (Lipinski definition) is 4. The molecular weight excluding hydrogens is 390 g/mol. The number of aromatic nitrogens is 2. The summed E-state index contributed by atoms with van der Waals surface area (Å²) in [6, 6.07) is 17.0. The van der Waals surface area contributed by atoms with Gasteiger partial charge in [0.25, 0.3) is 0 Å². The van der Waals surface area contributed by atoms with Gasteiger partial charge in [0.15, 0.2) is 0 Å². The molecule has 4 nitrogen and oxygen atoms in total. The van der Waals surface area contributed by atoms with E-state index in [1.807, 2.05) is 55.5 Å². The molecule has 0 spiro atoms. The highest BCUT2D eigenvalue weighted by atomic mass is 35.5. The van der Waals surface area contributed by atoms with Gasteiger partial charge in [-0.2, -0.15) is 0 Å². The minimum Gasteiger partial charge on any atom is -0.322 e. The Morgan fingerprint density at radius 2 is 1.96 bits per heavy atom. The number of carbonyl (C=O) groups is 1. The molecule has 1 amide bonds. The van der Waals surface area contributed by atoms with Crippen molar-refractivity contribution in [2.75, 3.05) is 5.32 Å². The van der Waals surface area contributed by atoms with Crippen LogP contribution in [0.25, 0.3) is 27.0 Å². The van der Waals surface area contributed by atoms with Crippen LogP contribution in [-0.2, 0) is 4.79 Å². The Morgan fingerprint density at radius 1 is 1.11 bits per heavy atom. The first-order chi connectivity index (χ1) is 13.6. The molecule has 0 saturated carbocycles. The fourth-order valence-corrected chi connectivity index (χ4v) is 4.03. The molecule has 4 aromatic rings. The first-order valence-electron chi connectivity index (χ1n) is 8.67. The van der Waals surface area contributed by atoms with Gasteiger partial charge in [0, 0.05) is 28.5 Å². The number of hydrogen-bond donors (Lipinski definition) is 1. The minimum atomic E-state index is -0.217. The molecule has 0 aliphatic rings. The van der Waals surface area contributed by atoms with E-state index >= 15 is 0 Å². The van der Waals surface area contributed by atoms with Crippen LogP contribution in [0.2, 0.25) is 5.02 Å². The topological polar surface area (TPSA) is 54.9 Å². The van der Waals surface area contributed by atoms with E-state index in [9.17, 15) is 4.79 Å². The van der Waals surface area contributed by atoms with Crippen molar-refractivity contribution in [3.63, 3.8) is 0 Å². The SMILES string of the molecule is Cc1c(NC(=O)/C=C/c2ccccc2Cl)cccc1-c1nc2cccnc2s1. The highest BCUT2D eigenvalue weighted by molar-refractivity contribution is 7.21. The zero-order chi connectivity index (χ0) is 19.5. The lowest BCUT2D eigenvalue weighted by Crippen LogP contribution is -2.09. The lowest BCUT2D eigenvalue weighted by Gasteiger charge is -2.10. The molecule has 138 valence electrons. The Bertz CT molecular complexity index is 1170. The monoisotopic (exact) mass is 405 g/mol. The minimum absolute atomic E-state index is 0.217. The Balaban J connectivity index is 1.58. The summed E-state index contributed by atoms with van der Waals surface area (Å²) in [5.74, 6) is -0.217. The van der Waals surface area contributed by atoms with Gasteiger partial charge < -0.3 is 5.32 Å². The van der Waals surface area contributed by atoms with E-state index in [0.29, 0.717) is 5.02 Å². The molecule has 6 heteroatoms. The lowest BCUT2D eigenvalue weighted by molar-refractivity contribution is -0.111. The molecular formula is C22H16ClN3OS. The average molecular weight is 406 g/mol. The van der Waals surface area contributed by atoms with Crippen LogP contribution in [0.5, 0.6) is 0 Å². The van der Waals surface area contributed by atoms with Crippen LogP contribution in [-0.4, -0.2) is 15.9 Å². The number of amides is 1. The van der Waals surface area contributed by atoms with Gasteiger partial charge in [0.1, 0.15) is 15.4 Å². The summed E-state index contributed by atoms with van der Waals surface area (Å²) in [6.45, 7) is 1.97. The summed E-state index contributed by atoms with van der Waals surface area (Å²) in [7, 11) is 0. The number of carbonyl (C=O) groups excluding carboxylic acids is 1. The zero-order valence-corrected chi connectivity index (χ0v) is 16.6. The highest BCUT2D eigenvalue weighted by Gasteiger charge is 2.12. The molecule has 2 aromatic heterocycles. The van der Waals surface area contributed by atoms with Gasteiger partial charge >= 0.3 is 0 Å². The Labute approximate surface area is 171 Å². The van der Waals surface area contributed by atoms with E-state index in [1.165, 1.54) is 17.4 Å². The number of fused-ring (bicyclic) bond motifs is 1. The molecule has 0 fully saturated rings. The Kier molecular flexibility index (Phi) is 5.19. The zero-order valence-electron chi connectivity index (χ0n) is 15.0. The number of benzene rings is 2. The smallest absolute Gasteiger partial charge is 0.248 e. The summed E-state index contributed by atoms with van der Waals surface area (Å²) < 4.78 is 0. The Morgan fingerprint density at radius 3 is 2.79 bits per heavy atom. The van der Waals surface area contributed by atoms with Gasteiger partial charge in [0.2, 0.25) is 5.91 Å². The van der Waals surface area contributed by atoms with Crippen LogP contribution in [0, 0.1) is 6.92 Å². The summed E-state index contributed by atoms with van der Waals surface area (Å²) in [4.78, 5) is 22.3. The number of pyridine rings is 1. The van der Waals surface area contributed by atoms with Gasteiger partial charge in [-0.25, -0.2) is 9.97 Å². The van der Waals surface area contributed by atoms with Crippen LogP contribution in [0.1, 0.15) is 11.1 Å². The van der Waals surface area contributed by atoms with Crippen molar-refractivity contribution in [2.45, 2.75) is 6.92 Å². The maximum absolute atomic E-state index is 12.4. The predicted octanol–water partition coefficient (Wildman–Crippen LogP) is 5.97. The highest BCUT2D eigenvalue weighted by Crippen LogP contribution is 2.33. The quantitative estimate of drug-likeness (QED) is 0.425. The molecule has 0 aliphatic heterocycles. The van der Waals surface area contributed by atoms with E-state index in [-0.39, 0.29) is 5.91 Å². The molecule has 0 aliphatic carbocycles. The molecule has 0 unspecified atom stereocenters. The predicted molar refractivity (Wildman–Crippen MR) is 117 cm³/mol. The summed E-state index contributed by atoms with van der Waals surface area (Å²) in [6.07, 6.45) is 4.95. The van der Waals surface area contributed by atoms with E-state index in [1.54, 1.807) is 18.3 Å². The largest absolute Gasteiger partial charge is 0.322 e. The van der Waals surface area contributed by atoms with E-state index in [4.69, 9.17) is 11.6 Å². The number of rotatable bonds is 4. The van der Waals surface area contributed by atoms with Gasteiger partial charge in [-0.05, 0) is 48.4 Å². The van der Waals surface area contributed by atoms with Gasteiger partial charge in [-0.1, -0.05) is 53.3 Å². The third-order valence-electron chi connectivity index (χ3n) is 4.31. The van der Waals surface area contributed by atoms with Crippen molar-refractivity contribution in [3.8, 4) is 10.6 Å². The van der Waals surface area contributed by atoms with Crippen LogP contribution in [0.3, 0.4) is 0 Å². The first kappa shape index (κ1) is 18.3. The van der Waals surface area contributed by atoms with Crippen molar-refractivity contribution in [1.29, 1.82) is 0 Å². The second-order valence-electron chi connectivity index (χ2n) is 6.17. The maximum Gasteiger partial charge on any atom is 0.248 e. The Hall–Kier alpha value is -3.02. The van der Waals surface area contributed by atoms with Crippen molar-refractivity contribution in [3.05, 3.63) is 83.0 Å². The molecule has 2 heterocycles. The van der Waals surface area contributed by atoms with Crippen molar-refractivity contribution >= 4 is 51.0 Å². The van der Waals surface area contributed by atoms with Crippen molar-refractivity contribution in [1.82, 2.24) is 9.97 Å². The van der Waals surface area contributed by atoms with Gasteiger partial charge in [-0.15, -0.1) is 0 Å². The number of nitrogens with one attached hydrogen (secondary N) is 1. The normalized spacial score (nSPS) is 11.2. The molecule has 0 radical (unpaired) electrons. The van der Waals surface area contributed by atoms with Crippen LogP contribution in [0.4, 0.5) is 5.69 Å². The molecule has 4 rings (SSSR count). The maximum atomic E-state index is 12.4.